The molecule has 2 aromatic heterocycles. The Kier molecular flexibility index (Phi) is 9.74. The van der Waals surface area contributed by atoms with Crippen molar-refractivity contribution in [1.29, 1.82) is 0 Å². The number of anilines is 1. The Balaban J connectivity index is 0.00000324. The summed E-state index contributed by atoms with van der Waals surface area (Å²) >= 11 is 0. The predicted octanol–water partition coefficient (Wildman–Crippen LogP) is 4.75. The SMILES string of the molecule is CCNC(=NCc1ccnc(N2CCCCC2)c1)NCc1ccccc1-n1nc(C)cc1C.I. The number of guanidine groups is 1. The number of aryl methyl sites for hydroxylation is 2. The number of benzene rings is 1. The van der Waals surface area contributed by atoms with E-state index in [1.54, 1.807) is 0 Å². The van der Waals surface area contributed by atoms with E-state index in [9.17, 15) is 0 Å². The van der Waals surface area contributed by atoms with E-state index < -0.39 is 0 Å². The first kappa shape index (κ1) is 26.0. The van der Waals surface area contributed by atoms with Crippen molar-refractivity contribution in [3.8, 4) is 5.69 Å². The highest BCUT2D eigenvalue weighted by Crippen LogP contribution is 2.19. The van der Waals surface area contributed by atoms with Crippen molar-refractivity contribution in [2.75, 3.05) is 24.5 Å². The minimum absolute atomic E-state index is 0. The molecule has 8 heteroatoms. The first-order chi connectivity index (χ1) is 16.1. The molecule has 1 aliphatic heterocycles. The molecule has 7 nitrogen and oxygen atoms in total. The fraction of sp³-hybridized carbons (Fsp3) is 0.423. The van der Waals surface area contributed by atoms with E-state index in [-0.39, 0.29) is 24.0 Å². The van der Waals surface area contributed by atoms with Crippen LogP contribution in [0.25, 0.3) is 5.69 Å². The van der Waals surface area contributed by atoms with E-state index in [1.165, 1.54) is 30.4 Å². The Morgan fingerprint density at radius 1 is 1.03 bits per heavy atom. The molecule has 0 spiro atoms. The van der Waals surface area contributed by atoms with Crippen LogP contribution in [0.2, 0.25) is 0 Å². The average molecular weight is 574 g/mol. The van der Waals surface area contributed by atoms with E-state index in [2.05, 4.69) is 81.9 Å². The van der Waals surface area contributed by atoms with Gasteiger partial charge in [-0.25, -0.2) is 14.7 Å². The molecule has 1 saturated heterocycles. The highest BCUT2D eigenvalue weighted by molar-refractivity contribution is 14.0. The molecular weight excluding hydrogens is 537 g/mol. The Morgan fingerprint density at radius 2 is 1.82 bits per heavy atom. The van der Waals surface area contributed by atoms with Crippen molar-refractivity contribution in [3.05, 3.63) is 71.2 Å². The van der Waals surface area contributed by atoms with E-state index >= 15 is 0 Å². The third-order valence-corrected chi connectivity index (χ3v) is 5.93. The molecule has 0 amide bonds. The van der Waals surface area contributed by atoms with Crippen LogP contribution >= 0.6 is 24.0 Å². The number of nitrogens with zero attached hydrogens (tertiary/aromatic N) is 5. The summed E-state index contributed by atoms with van der Waals surface area (Å²) < 4.78 is 2.01. The summed E-state index contributed by atoms with van der Waals surface area (Å²) in [5.74, 6) is 1.87. The highest BCUT2D eigenvalue weighted by Gasteiger charge is 2.12. The van der Waals surface area contributed by atoms with Gasteiger partial charge in [0.1, 0.15) is 5.82 Å². The van der Waals surface area contributed by atoms with E-state index in [4.69, 9.17) is 4.99 Å². The van der Waals surface area contributed by atoms with Crippen molar-refractivity contribution in [2.24, 2.45) is 4.99 Å². The highest BCUT2D eigenvalue weighted by atomic mass is 127. The van der Waals surface area contributed by atoms with Crippen molar-refractivity contribution >= 4 is 35.8 Å². The normalized spacial score (nSPS) is 14.0. The summed E-state index contributed by atoms with van der Waals surface area (Å²) in [5.41, 5.74) is 5.58. The maximum atomic E-state index is 4.83. The number of aliphatic imine (C=N–C) groups is 1. The molecule has 0 unspecified atom stereocenters. The summed E-state index contributed by atoms with van der Waals surface area (Å²) in [4.78, 5) is 11.8. The van der Waals surface area contributed by atoms with Crippen molar-refractivity contribution in [3.63, 3.8) is 0 Å². The number of aromatic nitrogens is 3. The second kappa shape index (κ2) is 12.7. The number of para-hydroxylation sites is 1. The van der Waals surface area contributed by atoms with Crippen molar-refractivity contribution < 1.29 is 0 Å². The standard InChI is InChI=1S/C26H35N7.HI/c1-4-27-26(29-18-22-12-13-28-25(17-22)32-14-8-5-9-15-32)30-19-23-10-6-7-11-24(23)33-21(3)16-20(2)31-33;/h6-7,10-13,16-17H,4-5,8-9,14-15,18-19H2,1-3H3,(H2,27,29,30);1H. The number of halogens is 1. The van der Waals surface area contributed by atoms with Crippen LogP contribution in [0.3, 0.4) is 0 Å². The van der Waals surface area contributed by atoms with Gasteiger partial charge in [0.25, 0.3) is 0 Å². The Labute approximate surface area is 220 Å². The Hall–Kier alpha value is -2.62. The number of pyridine rings is 1. The van der Waals surface area contributed by atoms with Gasteiger partial charge in [-0.15, -0.1) is 24.0 Å². The summed E-state index contributed by atoms with van der Waals surface area (Å²) in [6.07, 6.45) is 5.72. The average Bonchev–Trinajstić information content (AvgIpc) is 3.19. The molecule has 3 heterocycles. The van der Waals surface area contributed by atoms with Gasteiger partial charge in [-0.05, 0) is 75.4 Å². The first-order valence-corrected chi connectivity index (χ1v) is 12.0. The van der Waals surface area contributed by atoms with Gasteiger partial charge in [-0.2, -0.15) is 5.10 Å². The minimum atomic E-state index is 0. The van der Waals surface area contributed by atoms with Gasteiger partial charge >= 0.3 is 0 Å². The first-order valence-electron chi connectivity index (χ1n) is 12.0. The van der Waals surface area contributed by atoms with Crippen LogP contribution in [-0.4, -0.2) is 40.4 Å². The van der Waals surface area contributed by atoms with Crippen LogP contribution in [0, 0.1) is 13.8 Å². The molecule has 182 valence electrons. The van der Waals surface area contributed by atoms with E-state index in [0.29, 0.717) is 13.1 Å². The number of piperidine rings is 1. The van der Waals surface area contributed by atoms with Crippen LogP contribution in [0.5, 0.6) is 0 Å². The van der Waals surface area contributed by atoms with Gasteiger partial charge in [0.15, 0.2) is 5.96 Å². The van der Waals surface area contributed by atoms with Crippen molar-refractivity contribution in [2.45, 2.75) is 53.1 Å². The molecule has 0 aliphatic carbocycles. The quantitative estimate of drug-likeness (QED) is 0.243. The molecule has 4 rings (SSSR count). The molecule has 0 saturated carbocycles. The monoisotopic (exact) mass is 573 g/mol. The van der Waals surface area contributed by atoms with Gasteiger partial charge in [0, 0.05) is 38.1 Å². The van der Waals surface area contributed by atoms with Gasteiger partial charge in [-0.3, -0.25) is 0 Å². The summed E-state index contributed by atoms with van der Waals surface area (Å²) in [5, 5.41) is 11.5. The smallest absolute Gasteiger partial charge is 0.191 e. The number of hydrogen-bond acceptors (Lipinski definition) is 4. The third-order valence-electron chi connectivity index (χ3n) is 5.93. The lowest BCUT2D eigenvalue weighted by molar-refractivity contribution is 0.573. The molecule has 1 aromatic carbocycles. The van der Waals surface area contributed by atoms with Gasteiger partial charge in [0.2, 0.25) is 0 Å². The molecule has 0 radical (unpaired) electrons. The van der Waals surface area contributed by atoms with Crippen LogP contribution in [0.1, 0.15) is 48.7 Å². The summed E-state index contributed by atoms with van der Waals surface area (Å²) in [6.45, 7) is 10.5. The van der Waals surface area contributed by atoms with E-state index in [1.807, 2.05) is 17.8 Å². The van der Waals surface area contributed by atoms with Crippen LogP contribution in [-0.2, 0) is 13.1 Å². The fourth-order valence-corrected chi connectivity index (χ4v) is 4.29. The molecule has 1 aliphatic rings. The molecule has 1 fully saturated rings. The topological polar surface area (TPSA) is 70.4 Å². The van der Waals surface area contributed by atoms with Crippen molar-refractivity contribution in [1.82, 2.24) is 25.4 Å². The summed E-state index contributed by atoms with van der Waals surface area (Å²) in [7, 11) is 0. The maximum absolute atomic E-state index is 4.83. The van der Waals surface area contributed by atoms with E-state index in [0.717, 1.165) is 48.5 Å². The zero-order valence-corrected chi connectivity index (χ0v) is 22.8. The number of rotatable bonds is 7. The number of nitrogens with one attached hydrogen (secondary N) is 2. The molecule has 34 heavy (non-hydrogen) atoms. The lowest BCUT2D eigenvalue weighted by Crippen LogP contribution is -2.37. The number of hydrogen-bond donors (Lipinski definition) is 2. The van der Waals surface area contributed by atoms with Crippen LogP contribution in [0.4, 0.5) is 5.82 Å². The maximum Gasteiger partial charge on any atom is 0.191 e. The second-order valence-corrected chi connectivity index (χ2v) is 8.59. The minimum Gasteiger partial charge on any atom is -0.357 e. The molecule has 3 aromatic rings. The summed E-state index contributed by atoms with van der Waals surface area (Å²) in [6, 6.07) is 14.7. The lowest BCUT2D eigenvalue weighted by atomic mass is 10.1. The molecular formula is C26H36IN7. The zero-order valence-electron chi connectivity index (χ0n) is 20.4. The van der Waals surface area contributed by atoms with Gasteiger partial charge in [0.05, 0.1) is 17.9 Å². The molecule has 0 atom stereocenters. The van der Waals surface area contributed by atoms with Gasteiger partial charge < -0.3 is 15.5 Å². The zero-order chi connectivity index (χ0) is 23.0. The van der Waals surface area contributed by atoms with Crippen LogP contribution in [0.15, 0.2) is 53.7 Å². The third kappa shape index (κ3) is 6.71. The Bertz CT molecular complexity index is 1090. The predicted molar refractivity (Wildman–Crippen MR) is 150 cm³/mol. The Morgan fingerprint density at radius 3 is 2.56 bits per heavy atom. The largest absolute Gasteiger partial charge is 0.357 e. The van der Waals surface area contributed by atoms with Gasteiger partial charge in [-0.1, -0.05) is 18.2 Å². The fourth-order valence-electron chi connectivity index (χ4n) is 4.29. The molecule has 2 N–H and O–H groups in total. The lowest BCUT2D eigenvalue weighted by Gasteiger charge is -2.27. The van der Waals surface area contributed by atoms with Crippen LogP contribution < -0.4 is 15.5 Å². The molecule has 0 bridgehead atoms. The second-order valence-electron chi connectivity index (χ2n) is 8.59.